The zero-order chi connectivity index (χ0) is 14.8. The lowest BCUT2D eigenvalue weighted by Gasteiger charge is -2.35. The van der Waals surface area contributed by atoms with Gasteiger partial charge >= 0.3 is 0 Å². The first-order valence-corrected chi connectivity index (χ1v) is 6.53. The van der Waals surface area contributed by atoms with E-state index < -0.39 is 0 Å². The van der Waals surface area contributed by atoms with Crippen LogP contribution in [0.1, 0.15) is 43.6 Å². The maximum Gasteiger partial charge on any atom is 0.256 e. The number of carbonyl (C=O) groups is 1. The van der Waals surface area contributed by atoms with Crippen molar-refractivity contribution in [3.05, 3.63) is 29.3 Å². The van der Waals surface area contributed by atoms with Crippen LogP contribution >= 0.6 is 0 Å². The molecule has 1 aromatic rings. The number of hydrogen-bond acceptors (Lipinski definition) is 3. The molecule has 1 aromatic carbocycles. The first kappa shape index (κ1) is 15.5. The Morgan fingerprint density at radius 1 is 1.37 bits per heavy atom. The number of hydrazine groups is 1. The Bertz CT molecular complexity index is 463. The number of benzene rings is 1. The Morgan fingerprint density at radius 3 is 2.42 bits per heavy atom. The zero-order valence-electron chi connectivity index (χ0n) is 12.7. The quantitative estimate of drug-likeness (QED) is 0.651. The maximum absolute atomic E-state index is 12.6. The van der Waals surface area contributed by atoms with Crippen molar-refractivity contribution in [2.75, 3.05) is 12.5 Å². The molecule has 1 amide bonds. The highest BCUT2D eigenvalue weighted by atomic mass is 16.2. The van der Waals surface area contributed by atoms with Gasteiger partial charge in [0.2, 0.25) is 0 Å². The van der Waals surface area contributed by atoms with Gasteiger partial charge in [-0.3, -0.25) is 10.6 Å². The van der Waals surface area contributed by atoms with Gasteiger partial charge in [-0.25, -0.2) is 0 Å². The van der Waals surface area contributed by atoms with Gasteiger partial charge in [-0.15, -0.1) is 0 Å². The van der Waals surface area contributed by atoms with Gasteiger partial charge in [0.1, 0.15) is 0 Å². The van der Waals surface area contributed by atoms with Crippen molar-refractivity contribution in [3.8, 4) is 0 Å². The summed E-state index contributed by atoms with van der Waals surface area (Å²) in [6.45, 7) is 10.4. The second-order valence-electron chi connectivity index (χ2n) is 6.15. The summed E-state index contributed by atoms with van der Waals surface area (Å²) in [5, 5.41) is 0. The number of carbonyl (C=O) groups excluding carboxylic acids is 1. The Balaban J connectivity index is 3.10. The van der Waals surface area contributed by atoms with E-state index in [9.17, 15) is 4.79 Å². The van der Waals surface area contributed by atoms with E-state index in [1.807, 2.05) is 32.2 Å². The Kier molecular flexibility index (Phi) is 4.58. The largest absolute Gasteiger partial charge is 0.338 e. The molecular formula is C15H25N3O. The van der Waals surface area contributed by atoms with Crippen molar-refractivity contribution in [2.24, 2.45) is 11.3 Å². The van der Waals surface area contributed by atoms with Crippen LogP contribution in [0, 0.1) is 12.3 Å². The van der Waals surface area contributed by atoms with Gasteiger partial charge < -0.3 is 10.3 Å². The van der Waals surface area contributed by atoms with Crippen LogP contribution in [0.15, 0.2) is 18.2 Å². The highest BCUT2D eigenvalue weighted by Gasteiger charge is 2.28. The number of rotatable bonds is 3. The second kappa shape index (κ2) is 5.61. The molecule has 0 heterocycles. The molecule has 0 bridgehead atoms. The summed E-state index contributed by atoms with van der Waals surface area (Å²) in [5.74, 6) is 5.47. The number of hydrogen-bond donors (Lipinski definition) is 2. The first-order valence-electron chi connectivity index (χ1n) is 6.53. The average Bonchev–Trinajstić information content (AvgIpc) is 2.34. The van der Waals surface area contributed by atoms with Gasteiger partial charge in [0.05, 0.1) is 11.3 Å². The minimum atomic E-state index is -0.0147. The van der Waals surface area contributed by atoms with Crippen LogP contribution in [0.4, 0.5) is 5.69 Å². The standard InChI is InChI=1S/C15H25N3O/c1-10-7-8-13(17-16)12(9-10)14(19)18(6)11(2)15(3,4)5/h7-9,11,17H,16H2,1-6H3. The van der Waals surface area contributed by atoms with Crippen molar-refractivity contribution in [1.82, 2.24) is 4.90 Å². The molecule has 106 valence electrons. The molecule has 0 aliphatic carbocycles. The predicted octanol–water partition coefficient (Wildman–Crippen LogP) is 2.79. The van der Waals surface area contributed by atoms with Crippen LogP contribution in [0.25, 0.3) is 0 Å². The predicted molar refractivity (Wildman–Crippen MR) is 80.0 cm³/mol. The van der Waals surface area contributed by atoms with E-state index in [4.69, 9.17) is 5.84 Å². The van der Waals surface area contributed by atoms with Crippen molar-refractivity contribution in [2.45, 2.75) is 40.7 Å². The molecule has 3 N–H and O–H groups in total. The third kappa shape index (κ3) is 3.47. The van der Waals surface area contributed by atoms with Crippen molar-refractivity contribution in [1.29, 1.82) is 0 Å². The molecule has 0 aliphatic rings. The van der Waals surface area contributed by atoms with Crippen molar-refractivity contribution < 1.29 is 4.79 Å². The van der Waals surface area contributed by atoms with Gasteiger partial charge in [0.15, 0.2) is 0 Å². The second-order valence-corrected chi connectivity index (χ2v) is 6.15. The lowest BCUT2D eigenvalue weighted by atomic mass is 9.87. The number of anilines is 1. The summed E-state index contributed by atoms with van der Waals surface area (Å²) in [4.78, 5) is 14.4. The van der Waals surface area contributed by atoms with E-state index in [2.05, 4.69) is 33.1 Å². The Hall–Kier alpha value is -1.55. The molecule has 1 atom stereocenters. The summed E-state index contributed by atoms with van der Waals surface area (Å²) < 4.78 is 0. The fourth-order valence-corrected chi connectivity index (χ4v) is 1.91. The van der Waals surface area contributed by atoms with Gasteiger partial charge in [0, 0.05) is 13.1 Å². The van der Waals surface area contributed by atoms with Gasteiger partial charge in [-0.2, -0.15) is 0 Å². The van der Waals surface area contributed by atoms with E-state index in [1.165, 1.54) is 0 Å². The van der Waals surface area contributed by atoms with Crippen LogP contribution < -0.4 is 11.3 Å². The lowest BCUT2D eigenvalue weighted by Crippen LogP contribution is -2.43. The number of nitrogens with two attached hydrogens (primary N) is 1. The van der Waals surface area contributed by atoms with E-state index in [1.54, 1.807) is 4.90 Å². The molecule has 1 rings (SSSR count). The molecule has 0 aliphatic heterocycles. The molecule has 0 fully saturated rings. The molecule has 0 radical (unpaired) electrons. The zero-order valence-corrected chi connectivity index (χ0v) is 12.7. The van der Waals surface area contributed by atoms with Crippen LogP contribution in [0.5, 0.6) is 0 Å². The Labute approximate surface area is 115 Å². The lowest BCUT2D eigenvalue weighted by molar-refractivity contribution is 0.0630. The number of nitrogens with zero attached hydrogens (tertiary/aromatic N) is 1. The molecule has 4 heteroatoms. The van der Waals surface area contributed by atoms with E-state index in [0.29, 0.717) is 11.3 Å². The number of aryl methyl sites for hydroxylation is 1. The van der Waals surface area contributed by atoms with Crippen LogP contribution in [0.3, 0.4) is 0 Å². The molecule has 0 saturated heterocycles. The minimum Gasteiger partial charge on any atom is -0.338 e. The normalized spacial score (nSPS) is 13.0. The van der Waals surface area contributed by atoms with Gasteiger partial charge in [0.25, 0.3) is 5.91 Å². The number of nitrogens with one attached hydrogen (secondary N) is 1. The third-order valence-electron chi connectivity index (χ3n) is 3.72. The third-order valence-corrected chi connectivity index (χ3v) is 3.72. The molecule has 0 aromatic heterocycles. The SMILES string of the molecule is Cc1ccc(NN)c(C(=O)N(C)C(C)C(C)(C)C)c1. The van der Waals surface area contributed by atoms with Crippen molar-refractivity contribution >= 4 is 11.6 Å². The fraction of sp³-hybridized carbons (Fsp3) is 0.533. The highest BCUT2D eigenvalue weighted by molar-refractivity contribution is 5.99. The summed E-state index contributed by atoms with van der Waals surface area (Å²) in [7, 11) is 1.83. The van der Waals surface area contributed by atoms with Gasteiger partial charge in [-0.05, 0) is 31.4 Å². The summed E-state index contributed by atoms with van der Waals surface area (Å²) in [5.41, 5.74) is 4.93. The molecule has 4 nitrogen and oxygen atoms in total. The van der Waals surface area contributed by atoms with Crippen LogP contribution in [0.2, 0.25) is 0 Å². The summed E-state index contributed by atoms with van der Waals surface area (Å²) >= 11 is 0. The van der Waals surface area contributed by atoms with E-state index >= 15 is 0 Å². The maximum atomic E-state index is 12.6. The van der Waals surface area contributed by atoms with Crippen molar-refractivity contribution in [3.63, 3.8) is 0 Å². The minimum absolute atomic E-state index is 0.0147. The molecule has 19 heavy (non-hydrogen) atoms. The average molecular weight is 263 g/mol. The highest BCUT2D eigenvalue weighted by Crippen LogP contribution is 2.26. The first-order chi connectivity index (χ1) is 8.68. The number of amides is 1. The monoisotopic (exact) mass is 263 g/mol. The van der Waals surface area contributed by atoms with Crippen LogP contribution in [-0.2, 0) is 0 Å². The van der Waals surface area contributed by atoms with E-state index in [0.717, 1.165) is 5.56 Å². The van der Waals surface area contributed by atoms with Crippen LogP contribution in [-0.4, -0.2) is 23.9 Å². The Morgan fingerprint density at radius 2 is 1.95 bits per heavy atom. The topological polar surface area (TPSA) is 58.4 Å². The smallest absolute Gasteiger partial charge is 0.256 e. The summed E-state index contributed by atoms with van der Waals surface area (Å²) in [6.07, 6.45) is 0. The molecular weight excluding hydrogens is 238 g/mol. The fourth-order valence-electron chi connectivity index (χ4n) is 1.91. The molecule has 0 saturated carbocycles. The van der Waals surface area contributed by atoms with Gasteiger partial charge in [-0.1, -0.05) is 32.4 Å². The molecule has 0 spiro atoms. The summed E-state index contributed by atoms with van der Waals surface area (Å²) in [6, 6.07) is 5.76. The number of nitrogen functional groups attached to an aromatic ring is 1. The molecule has 1 unspecified atom stereocenters. The van der Waals surface area contributed by atoms with E-state index in [-0.39, 0.29) is 17.4 Å².